The maximum Gasteiger partial charge on any atom is 0.336 e. The maximum atomic E-state index is 13.2. The van der Waals surface area contributed by atoms with Gasteiger partial charge in [-0.2, -0.15) is 0 Å². The van der Waals surface area contributed by atoms with Gasteiger partial charge in [0.25, 0.3) is 12.6 Å². The van der Waals surface area contributed by atoms with Crippen LogP contribution in [0.2, 0.25) is 0 Å². The lowest BCUT2D eigenvalue weighted by atomic mass is 9.82. The Morgan fingerprint density at radius 3 is 1.98 bits per heavy atom. The number of amides is 3. The smallest absolute Gasteiger partial charge is 0.336 e. The number of carboxylic acid groups (broad SMARTS) is 1. The van der Waals surface area contributed by atoms with E-state index in [1.807, 2.05) is 97.9 Å². The molecule has 0 radical (unpaired) electrons. The molecule has 3 amide bonds. The van der Waals surface area contributed by atoms with Gasteiger partial charge in [-0.1, -0.05) is 193 Å². The summed E-state index contributed by atoms with van der Waals surface area (Å²) in [6.07, 6.45) is 30.0. The summed E-state index contributed by atoms with van der Waals surface area (Å²) < 4.78 is 6.03. The van der Waals surface area contributed by atoms with Gasteiger partial charge in [0, 0.05) is 125 Å². The van der Waals surface area contributed by atoms with Crippen molar-refractivity contribution in [3.8, 4) is 58.5 Å². The fourth-order valence-corrected chi connectivity index (χ4v) is 12.0. The topological polar surface area (TPSA) is 232 Å². The van der Waals surface area contributed by atoms with E-state index in [0.717, 1.165) is 109 Å². The lowest BCUT2D eigenvalue weighted by Gasteiger charge is -2.20. The van der Waals surface area contributed by atoms with Crippen molar-refractivity contribution in [2.24, 2.45) is 34.7 Å². The molecule has 0 fully saturated rings. The first-order chi connectivity index (χ1) is 53.6. The number of aromatic carboxylic acids is 1. The molecule has 3 aliphatic rings. The van der Waals surface area contributed by atoms with Crippen LogP contribution in [0.1, 0.15) is 261 Å². The molecule has 16 heteroatoms. The zero-order valence-corrected chi connectivity index (χ0v) is 69.7. The normalized spacial score (nSPS) is 11.8. The van der Waals surface area contributed by atoms with Crippen LogP contribution < -0.4 is 21.4 Å². The zero-order valence-electron chi connectivity index (χ0n) is 68.9. The second-order valence-electron chi connectivity index (χ2n) is 29.5. The second-order valence-corrected chi connectivity index (χ2v) is 30.6. The maximum absolute atomic E-state index is 13.2. The third-order valence-electron chi connectivity index (χ3n) is 17.0. The van der Waals surface area contributed by atoms with E-state index >= 15 is 0 Å². The number of nitrogens with one attached hydrogen (secondary N) is 3. The molecule has 4 aromatic carbocycles. The Morgan fingerprint density at radius 2 is 1.36 bits per heavy atom. The van der Waals surface area contributed by atoms with Crippen molar-refractivity contribution in [1.29, 1.82) is 0 Å². The summed E-state index contributed by atoms with van der Waals surface area (Å²) in [6, 6.07) is 34.2. The average molecular weight is 1540 g/mol. The van der Waals surface area contributed by atoms with Crippen molar-refractivity contribution in [3.63, 3.8) is 0 Å². The molecule has 1 aliphatic heterocycles. The highest BCUT2D eigenvalue weighted by Crippen LogP contribution is 2.42. The number of fused-ring (bicyclic) bond motifs is 4. The molecule has 1 atom stereocenters. The van der Waals surface area contributed by atoms with E-state index in [4.69, 9.17) is 10.8 Å². The summed E-state index contributed by atoms with van der Waals surface area (Å²) in [5.74, 6) is 17.4. The van der Waals surface area contributed by atoms with Crippen LogP contribution in [0, 0.1) is 72.5 Å². The quantitative estimate of drug-likeness (QED) is 0.00444. The van der Waals surface area contributed by atoms with Crippen LogP contribution in [-0.2, 0) is 25.6 Å². The Kier molecular flexibility index (Phi) is 46.9. The van der Waals surface area contributed by atoms with Gasteiger partial charge in [0.1, 0.15) is 29.5 Å². The number of carbonyl (C=O) groups excluding carboxylic acids is 6. The number of thiophene rings is 1. The minimum Gasteiger partial charge on any atom is -0.478 e. The Labute approximate surface area is 672 Å². The number of ketones is 2. The van der Waals surface area contributed by atoms with E-state index in [1.165, 1.54) is 29.1 Å². The number of aldehydes is 1. The molecule has 0 saturated heterocycles. The number of terminal acetylenes is 1. The van der Waals surface area contributed by atoms with Crippen molar-refractivity contribution < 1.29 is 47.9 Å². The number of benzene rings is 5. The fourth-order valence-electron chi connectivity index (χ4n) is 11.2. The summed E-state index contributed by atoms with van der Waals surface area (Å²) in [5.41, 5.74) is 6.98. The number of carbonyl (C=O) groups is 7. The summed E-state index contributed by atoms with van der Waals surface area (Å²) in [6.45, 7) is 34.7. The molecule has 4 N–H and O–H groups in total. The van der Waals surface area contributed by atoms with Crippen molar-refractivity contribution in [1.82, 2.24) is 16.0 Å². The Bertz CT molecular complexity index is 4470. The van der Waals surface area contributed by atoms with Gasteiger partial charge in [-0.3, -0.25) is 33.6 Å². The molecule has 0 bridgehead atoms. The van der Waals surface area contributed by atoms with Gasteiger partial charge < -0.3 is 25.5 Å². The Balaban J connectivity index is 0.000000409. The van der Waals surface area contributed by atoms with Crippen LogP contribution in [-0.4, -0.2) is 84.3 Å². The van der Waals surface area contributed by atoms with Crippen molar-refractivity contribution in [2.45, 2.75) is 212 Å². The first kappa shape index (κ1) is 95.6. The largest absolute Gasteiger partial charge is 0.478 e. The van der Waals surface area contributed by atoms with Crippen molar-refractivity contribution in [2.75, 3.05) is 26.2 Å². The number of rotatable bonds is 33. The second kappa shape index (κ2) is 55.0. The summed E-state index contributed by atoms with van der Waals surface area (Å²) in [5, 5.41) is 23.0. The molecule has 2 heterocycles. The third-order valence-corrected chi connectivity index (χ3v) is 18.3. The molecule has 0 spiro atoms. The SMILES string of the molecule is C#CCCCCC#CC(C)C.C=[N+]=NCC(C)C.CC(C)/C=C/CNC(=O)CCCC(=O)NCCC(=O)C1Cc2ccccc2C#Cc2ccccc21.CC(C)c1ccc(C=O)s1.CC/C=C/C(C)C.Cc1ccc2c(-c3cc(C(=O)NCCCCCC(=O)CC/C=C/C(C)C)ccc3C(=O)O)c3ccc(=O)cc-3oc2c1. The molecular weight excluding hydrogens is 1420 g/mol. The van der Waals surface area contributed by atoms with E-state index < -0.39 is 5.97 Å². The van der Waals surface area contributed by atoms with Crippen LogP contribution in [0.4, 0.5) is 0 Å². The van der Waals surface area contributed by atoms with Gasteiger partial charge in [0.05, 0.1) is 15.6 Å². The first-order valence-corrected chi connectivity index (χ1v) is 40.4. The number of nitrogens with zero attached hydrogens (tertiary/aromatic N) is 2. The van der Waals surface area contributed by atoms with Crippen LogP contribution in [0.3, 0.4) is 0 Å². The van der Waals surface area contributed by atoms with E-state index in [1.54, 1.807) is 23.5 Å². The van der Waals surface area contributed by atoms with Gasteiger partial charge in [-0.05, 0) is 171 Å². The number of allylic oxidation sites excluding steroid dienone is 5. The number of Topliss-reactive ketones (excluding diaryl/α,β-unsaturated/α-hetero) is 2. The average Bonchev–Trinajstić information content (AvgIpc) is 0.812. The molecule has 112 heavy (non-hydrogen) atoms. The van der Waals surface area contributed by atoms with E-state index in [9.17, 15) is 43.5 Å². The number of aryl methyl sites for hydroxylation is 1. The Hall–Kier alpha value is -10.6. The molecule has 596 valence electrons. The molecule has 5 aromatic rings. The molecule has 8 rings (SSSR count). The third kappa shape index (κ3) is 38.9. The predicted molar refractivity (Wildman–Crippen MR) is 462 cm³/mol. The zero-order chi connectivity index (χ0) is 82.8. The van der Waals surface area contributed by atoms with Crippen LogP contribution in [0.25, 0.3) is 33.4 Å². The lowest BCUT2D eigenvalue weighted by molar-refractivity contribution is -0.123. The van der Waals surface area contributed by atoms with E-state index in [-0.39, 0.29) is 65.6 Å². The highest BCUT2D eigenvalue weighted by atomic mass is 32.1. The number of hydrogen-bond acceptors (Lipinski definition) is 11. The lowest BCUT2D eigenvalue weighted by Crippen LogP contribution is -2.28. The standard InChI is InChI=1S/C35H37NO6.C30H34N2O3.C11H16.C8H10OS.C7H14.C5H11N2/c1-22(2)9-6-7-11-25(37)10-5-4-8-18-36-34(39)24-13-16-27(35(40)41)30(20-24)33-28-15-12-23(3)19-31(28)42-32-21-26(38)14-17-29(32)33;1-22(2)9-8-19-31-29(34)14-7-15-30(35)32-20-18-28(33)27-21-25-12-4-3-10-23(25)16-17-24-11-5-6-13-26(24)27;1-4-5-6-7-8-9-10-11(2)3;1-6(2)8-4-3-7(5-9)10-8;1-4-5-6-7(2)3;1-5(2)4-7-6-3/h6,9,12-17,19-22H,4-5,7-8,10-11,18H2,1-3H3,(H,36,39)(H,40,41);3-6,8-13,22,27H,7,14-15,18-21H2,1-2H3,(H,31,34)(H,32,35);1,11H,5-8H2,2-3H3;3-6H,1-2H3;5-7H,4H2,1-3H3;5H,3-4H2,1-2H3/q;;;;;+1/b9-6+;9-8+;;;6-5+;. The minimum atomic E-state index is -1.13. The van der Waals surface area contributed by atoms with Gasteiger partial charge in [-0.25, -0.2) is 4.79 Å². The van der Waals surface area contributed by atoms with Gasteiger partial charge in [-0.15, -0.1) is 35.5 Å². The fraction of sp³-hybridized carbons (Fsp3) is 0.427. The Morgan fingerprint density at radius 1 is 0.688 bits per heavy atom. The summed E-state index contributed by atoms with van der Waals surface area (Å²) in [4.78, 5) is 103. The number of hydrogen-bond donors (Lipinski definition) is 4. The number of unbranched alkanes of at least 4 members (excludes halogenated alkanes) is 5. The van der Waals surface area contributed by atoms with Gasteiger partial charge in [0.15, 0.2) is 11.7 Å². The minimum absolute atomic E-state index is 0.0384. The molecule has 1 aromatic heterocycles. The predicted octanol–water partition coefficient (Wildman–Crippen LogP) is 20.9. The summed E-state index contributed by atoms with van der Waals surface area (Å²) in [7, 11) is 0. The first-order valence-electron chi connectivity index (χ1n) is 39.6. The van der Waals surface area contributed by atoms with Crippen LogP contribution in [0.15, 0.2) is 166 Å². The van der Waals surface area contributed by atoms with Gasteiger partial charge >= 0.3 is 5.97 Å². The van der Waals surface area contributed by atoms with Gasteiger partial charge in [0.2, 0.25) is 11.8 Å². The molecule has 15 nitrogen and oxygen atoms in total. The highest BCUT2D eigenvalue weighted by molar-refractivity contribution is 7.13. The molecule has 2 aliphatic carbocycles. The highest BCUT2D eigenvalue weighted by Gasteiger charge is 2.26. The molecule has 0 saturated carbocycles. The molecular formula is C96H122N5O10S+. The van der Waals surface area contributed by atoms with E-state index in [2.05, 4.69) is 176 Å². The van der Waals surface area contributed by atoms with E-state index in [0.29, 0.717) is 114 Å². The monoisotopic (exact) mass is 1540 g/mol. The summed E-state index contributed by atoms with van der Waals surface area (Å²) >= 11 is 1.57. The van der Waals surface area contributed by atoms with Crippen molar-refractivity contribution in [3.05, 3.63) is 211 Å². The van der Waals surface area contributed by atoms with Crippen molar-refractivity contribution >= 4 is 70.6 Å². The van der Waals surface area contributed by atoms with Crippen LogP contribution >= 0.6 is 11.3 Å². The van der Waals surface area contributed by atoms with Crippen LogP contribution in [0.5, 0.6) is 0 Å². The number of carboxylic acids is 1. The molecule has 1 unspecified atom stereocenters.